The van der Waals surface area contributed by atoms with Crippen molar-refractivity contribution < 1.29 is 98.7 Å². The largest absolute Gasteiger partial charge is 1.00 e. The van der Waals surface area contributed by atoms with E-state index in [9.17, 15) is 0 Å². The van der Waals surface area contributed by atoms with Gasteiger partial charge in [0.1, 0.15) is 0 Å². The Kier molecular flexibility index (Phi) is 87.1. The molecule has 116 valence electrons. The van der Waals surface area contributed by atoms with Gasteiger partial charge in [0.2, 0.25) is 0 Å². The Balaban J connectivity index is -0.0000000229. The molecule has 0 aliphatic carbocycles. The van der Waals surface area contributed by atoms with Crippen molar-refractivity contribution in [2.75, 3.05) is 6.54 Å². The zero-order chi connectivity index (χ0) is 17.0. The quantitative estimate of drug-likeness (QED) is 0.363. The Labute approximate surface area is 168 Å². The molecule has 0 radical (unpaired) electrons. The van der Waals surface area contributed by atoms with E-state index in [-0.39, 0.29) is 59.1 Å². The molecule has 4 N–H and O–H groups in total. The van der Waals surface area contributed by atoms with Gasteiger partial charge in [-0.15, -0.1) is 0 Å². The van der Waals surface area contributed by atoms with Gasteiger partial charge in [0.05, 0.1) is 0 Å². The van der Waals surface area contributed by atoms with Crippen LogP contribution in [0.15, 0.2) is 0 Å². The molecule has 9 nitrogen and oxygen atoms in total. The Hall–Kier alpha value is -0.160. The van der Waals surface area contributed by atoms with Crippen molar-refractivity contribution in [3.63, 3.8) is 0 Å². The molecular weight excluding hydrogens is 308 g/mol. The molecule has 0 amide bonds. The molecule has 0 atom stereocenters. The van der Waals surface area contributed by atoms with E-state index in [1.165, 1.54) is 0 Å². The fourth-order valence-electron chi connectivity index (χ4n) is 0. The van der Waals surface area contributed by atoms with Crippen LogP contribution in [0.3, 0.4) is 0 Å². The third kappa shape index (κ3) is 247000. The second-order valence-corrected chi connectivity index (χ2v) is 2.43. The molecule has 0 unspecified atom stereocenters. The minimum Gasteiger partial charge on any atom is -0.550 e. The van der Waals surface area contributed by atoms with Crippen LogP contribution in [0.2, 0.25) is 0 Å². The third-order valence-electron chi connectivity index (χ3n) is 0. The van der Waals surface area contributed by atoms with Gasteiger partial charge < -0.3 is 35.7 Å². The molecule has 0 aromatic carbocycles. The number of rotatable bonds is 0. The first-order valence-corrected chi connectivity index (χ1v) is 4.79. The van der Waals surface area contributed by atoms with Crippen LogP contribution in [-0.2, 0) is 19.2 Å². The number of hydrogen-bond acceptors (Lipinski definition) is 7. The van der Waals surface area contributed by atoms with Gasteiger partial charge in [-0.3, -0.25) is 9.59 Å². The van der Waals surface area contributed by atoms with Crippen molar-refractivity contribution in [2.45, 2.75) is 34.6 Å². The monoisotopic (exact) mass is 329 g/mol. The second kappa shape index (κ2) is 42.7. The van der Waals surface area contributed by atoms with Crippen LogP contribution < -0.4 is 75.1 Å². The molecule has 21 heavy (non-hydrogen) atoms. The Morgan fingerprint density at radius 1 is 0.810 bits per heavy atom. The number of carbonyl (C=O) groups is 4. The number of carboxylic acids is 4. The maximum absolute atomic E-state index is 9.00. The molecule has 0 aliphatic heterocycles. The average Bonchev–Trinajstić information content (AvgIpc) is 1.97. The molecule has 0 heterocycles. The number of carboxylic acid groups (broad SMARTS) is 4. The van der Waals surface area contributed by atoms with Crippen molar-refractivity contribution in [3.8, 4) is 0 Å². The van der Waals surface area contributed by atoms with Crippen LogP contribution in [-0.4, -0.2) is 40.6 Å². The molecule has 11 heteroatoms. The van der Waals surface area contributed by atoms with Gasteiger partial charge in [0, 0.05) is 25.8 Å². The number of nitrogens with two attached hydrogens (primary N) is 1. The Morgan fingerprint density at radius 3 is 0.810 bits per heavy atom. The van der Waals surface area contributed by atoms with Crippen molar-refractivity contribution in [1.82, 2.24) is 0 Å². The molecule has 0 aromatic rings. The summed E-state index contributed by atoms with van der Waals surface area (Å²) >= 11 is 0. The van der Waals surface area contributed by atoms with Gasteiger partial charge in [-0.2, -0.15) is 0 Å². The summed E-state index contributed by atoms with van der Waals surface area (Å²) in [5.74, 6) is -3.83. The van der Waals surface area contributed by atoms with Crippen LogP contribution >= 0.6 is 0 Å². The first-order chi connectivity index (χ1) is 8.34. The first-order valence-electron chi connectivity index (χ1n) is 4.79. The normalized spacial score (nSPS) is 5.62. The summed E-state index contributed by atoms with van der Waals surface area (Å²) in [7, 11) is 0. The summed E-state index contributed by atoms with van der Waals surface area (Å²) in [5.41, 5.74) is 4.85. The fraction of sp³-hybridized carbons (Fsp3) is 0.600. The maximum atomic E-state index is 9.00. The van der Waals surface area contributed by atoms with Crippen molar-refractivity contribution in [1.29, 1.82) is 0 Å². The molecule has 0 aromatic heterocycles. The zero-order valence-corrected chi connectivity index (χ0v) is 17.6. The van der Waals surface area contributed by atoms with Crippen molar-refractivity contribution >= 4 is 23.9 Å². The summed E-state index contributed by atoms with van der Waals surface area (Å²) in [5, 5.41) is 32.6. The summed E-state index contributed by atoms with van der Waals surface area (Å²) in [6, 6.07) is 0. The molecule has 0 rings (SSSR count). The molecule has 0 spiro atoms. The predicted molar refractivity (Wildman–Crippen MR) is 62.7 cm³/mol. The summed E-state index contributed by atoms with van der Waals surface area (Å²) in [6.07, 6.45) is 0. The van der Waals surface area contributed by atoms with Crippen molar-refractivity contribution in [2.24, 2.45) is 5.73 Å². The first kappa shape index (κ1) is 42.8. The van der Waals surface area contributed by atoms with Crippen molar-refractivity contribution in [3.05, 3.63) is 0 Å². The fourth-order valence-corrected chi connectivity index (χ4v) is 0. The predicted octanol–water partition coefficient (Wildman–Crippen LogP) is -8.33. The minimum absolute atomic E-state index is 0. The SMILES string of the molecule is CC(=O)O.CC(=O)O.CC(=O)[O-].CC(=O)[O-].CCN.[Na+].[Na+]. The van der Waals surface area contributed by atoms with Crippen LogP contribution in [0.1, 0.15) is 34.6 Å². The zero-order valence-electron chi connectivity index (χ0n) is 13.6. The van der Waals surface area contributed by atoms with Crippen LogP contribution in [0, 0.1) is 0 Å². The number of hydrogen-bond donors (Lipinski definition) is 3. The van der Waals surface area contributed by atoms with E-state index in [4.69, 9.17) is 45.3 Å². The van der Waals surface area contributed by atoms with E-state index >= 15 is 0 Å². The Bertz CT molecular complexity index is 185. The van der Waals surface area contributed by atoms with Gasteiger partial charge in [-0.05, 0) is 20.4 Å². The molecule has 0 aliphatic rings. The van der Waals surface area contributed by atoms with Gasteiger partial charge >= 0.3 is 59.1 Å². The summed E-state index contributed by atoms with van der Waals surface area (Å²) < 4.78 is 0. The van der Waals surface area contributed by atoms with Gasteiger partial charge in [-0.25, -0.2) is 0 Å². The van der Waals surface area contributed by atoms with E-state index in [1.807, 2.05) is 6.92 Å². The van der Waals surface area contributed by atoms with Crippen LogP contribution in [0.25, 0.3) is 0 Å². The van der Waals surface area contributed by atoms with E-state index < -0.39 is 23.9 Å². The third-order valence-corrected chi connectivity index (χ3v) is 0. The average molecular weight is 329 g/mol. The standard InChI is InChI=1S/C2H7N.4C2H4O2.2Na/c1-2-3;4*1-2(3)4;;/h2-3H2,1H3;4*1H3,(H,3,4);;/q;;;;;2*+1/p-2. The minimum atomic E-state index is -1.08. The molecule has 0 saturated heterocycles. The molecular formula is C10H21NNa2O8. The maximum Gasteiger partial charge on any atom is 1.00 e. The van der Waals surface area contributed by atoms with Crippen LogP contribution in [0.4, 0.5) is 0 Å². The molecule has 0 bridgehead atoms. The summed E-state index contributed by atoms with van der Waals surface area (Å²) in [4.78, 5) is 35.8. The second-order valence-electron chi connectivity index (χ2n) is 2.43. The van der Waals surface area contributed by atoms with E-state index in [0.29, 0.717) is 0 Å². The van der Waals surface area contributed by atoms with Gasteiger partial charge in [-0.1, -0.05) is 6.92 Å². The number of carbonyl (C=O) groups excluding carboxylic acids is 2. The van der Waals surface area contributed by atoms with Gasteiger partial charge in [0.25, 0.3) is 11.9 Å². The topological polar surface area (TPSA) is 181 Å². The van der Waals surface area contributed by atoms with E-state index in [1.54, 1.807) is 0 Å². The number of aliphatic carboxylic acids is 4. The molecule has 0 fully saturated rings. The van der Waals surface area contributed by atoms with E-state index in [2.05, 4.69) is 0 Å². The van der Waals surface area contributed by atoms with Crippen LogP contribution in [0.5, 0.6) is 0 Å². The van der Waals surface area contributed by atoms with E-state index in [0.717, 1.165) is 34.2 Å². The summed E-state index contributed by atoms with van der Waals surface area (Å²) in [6.45, 7) is 6.76. The smallest absolute Gasteiger partial charge is 0.550 e. The Morgan fingerprint density at radius 2 is 0.810 bits per heavy atom. The molecule has 0 saturated carbocycles. The van der Waals surface area contributed by atoms with Gasteiger partial charge in [0.15, 0.2) is 0 Å².